The van der Waals surface area contributed by atoms with Crippen molar-refractivity contribution in [3.05, 3.63) is 0 Å². The van der Waals surface area contributed by atoms with E-state index < -0.39 is 5.41 Å². The fourth-order valence-corrected chi connectivity index (χ4v) is 2.01. The third kappa shape index (κ3) is 6.62. The van der Waals surface area contributed by atoms with Crippen LogP contribution in [0.1, 0.15) is 54.4 Å². The highest BCUT2D eigenvalue weighted by atomic mass is 16.6. The van der Waals surface area contributed by atoms with E-state index in [4.69, 9.17) is 9.47 Å². The van der Waals surface area contributed by atoms with Crippen LogP contribution in [0.4, 0.5) is 0 Å². The van der Waals surface area contributed by atoms with Crippen molar-refractivity contribution in [1.82, 2.24) is 0 Å². The Hall–Kier alpha value is -1.06. The highest BCUT2D eigenvalue weighted by molar-refractivity contribution is 5.76. The van der Waals surface area contributed by atoms with Crippen LogP contribution in [0.3, 0.4) is 0 Å². The van der Waals surface area contributed by atoms with Gasteiger partial charge in [-0.1, -0.05) is 27.7 Å². The molecule has 0 aromatic carbocycles. The van der Waals surface area contributed by atoms with Crippen LogP contribution in [0.5, 0.6) is 0 Å². The minimum absolute atomic E-state index is 0.0691. The fourth-order valence-electron chi connectivity index (χ4n) is 2.01. The van der Waals surface area contributed by atoms with Crippen molar-refractivity contribution in [3.63, 3.8) is 0 Å². The molecule has 0 fully saturated rings. The summed E-state index contributed by atoms with van der Waals surface area (Å²) in [5, 5.41) is 0. The molecule has 1 unspecified atom stereocenters. The van der Waals surface area contributed by atoms with Gasteiger partial charge in [-0.3, -0.25) is 9.59 Å². The second-order valence-corrected chi connectivity index (χ2v) is 6.13. The van der Waals surface area contributed by atoms with Crippen molar-refractivity contribution >= 4 is 11.9 Å². The lowest BCUT2D eigenvalue weighted by Gasteiger charge is -2.32. The average Bonchev–Trinajstić information content (AvgIpc) is 2.21. The molecule has 4 nitrogen and oxygen atoms in total. The normalized spacial score (nSPS) is 14.8. The SMILES string of the molecule is CCC(C)(CC(C)(C)C)C(=O)OCCOC(C)=O. The number of ether oxygens (including phenoxy) is 2. The van der Waals surface area contributed by atoms with Crippen molar-refractivity contribution < 1.29 is 19.1 Å². The molecule has 0 aliphatic carbocycles. The van der Waals surface area contributed by atoms with E-state index in [-0.39, 0.29) is 30.6 Å². The molecule has 0 bridgehead atoms. The predicted octanol–water partition coefficient (Wildman–Crippen LogP) is 2.95. The molecule has 0 amide bonds. The van der Waals surface area contributed by atoms with Gasteiger partial charge in [0.1, 0.15) is 13.2 Å². The van der Waals surface area contributed by atoms with Crippen LogP contribution < -0.4 is 0 Å². The first-order valence-electron chi connectivity index (χ1n) is 6.41. The van der Waals surface area contributed by atoms with Gasteiger partial charge >= 0.3 is 11.9 Å². The first-order chi connectivity index (χ1) is 8.10. The quantitative estimate of drug-likeness (QED) is 0.543. The van der Waals surface area contributed by atoms with Crippen molar-refractivity contribution in [2.24, 2.45) is 10.8 Å². The molecule has 4 heteroatoms. The summed E-state index contributed by atoms with van der Waals surface area (Å²) >= 11 is 0. The smallest absolute Gasteiger partial charge is 0.311 e. The van der Waals surface area contributed by atoms with E-state index >= 15 is 0 Å². The van der Waals surface area contributed by atoms with Crippen LogP contribution in [-0.4, -0.2) is 25.2 Å². The Morgan fingerprint density at radius 3 is 1.89 bits per heavy atom. The lowest BCUT2D eigenvalue weighted by Crippen LogP contribution is -2.34. The third-order valence-electron chi connectivity index (χ3n) is 2.82. The lowest BCUT2D eigenvalue weighted by molar-refractivity contribution is -0.161. The highest BCUT2D eigenvalue weighted by Gasteiger charge is 2.36. The third-order valence-corrected chi connectivity index (χ3v) is 2.82. The number of carbonyl (C=O) groups excluding carboxylic acids is 2. The summed E-state index contributed by atoms with van der Waals surface area (Å²) in [6.07, 6.45) is 1.50. The summed E-state index contributed by atoms with van der Waals surface area (Å²) in [5.41, 5.74) is -0.409. The summed E-state index contributed by atoms with van der Waals surface area (Å²) in [5.74, 6) is -0.578. The molecule has 0 aromatic rings. The van der Waals surface area contributed by atoms with Gasteiger partial charge in [-0.25, -0.2) is 0 Å². The Balaban J connectivity index is 4.30. The number of esters is 2. The molecule has 106 valence electrons. The number of carbonyl (C=O) groups is 2. The molecule has 0 N–H and O–H groups in total. The lowest BCUT2D eigenvalue weighted by atomic mass is 9.73. The molecule has 1 atom stereocenters. The maximum Gasteiger partial charge on any atom is 0.311 e. The Kier molecular flexibility index (Phi) is 6.36. The van der Waals surface area contributed by atoms with E-state index in [0.29, 0.717) is 0 Å². The summed E-state index contributed by atoms with van der Waals surface area (Å²) in [7, 11) is 0. The molecule has 0 radical (unpaired) electrons. The Morgan fingerprint density at radius 1 is 1.00 bits per heavy atom. The van der Waals surface area contributed by atoms with E-state index in [1.807, 2.05) is 13.8 Å². The molecule has 0 heterocycles. The maximum atomic E-state index is 12.1. The minimum atomic E-state index is -0.478. The van der Waals surface area contributed by atoms with Crippen LogP contribution >= 0.6 is 0 Å². The second kappa shape index (κ2) is 6.76. The van der Waals surface area contributed by atoms with E-state index in [9.17, 15) is 9.59 Å². The van der Waals surface area contributed by atoms with Gasteiger partial charge in [0.2, 0.25) is 0 Å². The summed E-state index contributed by atoms with van der Waals surface area (Å²) < 4.78 is 9.90. The number of rotatable bonds is 6. The Morgan fingerprint density at radius 2 is 1.50 bits per heavy atom. The molecule has 0 saturated heterocycles. The highest BCUT2D eigenvalue weighted by Crippen LogP contribution is 2.37. The number of hydrogen-bond donors (Lipinski definition) is 0. The fraction of sp³-hybridized carbons (Fsp3) is 0.857. The van der Waals surface area contributed by atoms with Gasteiger partial charge in [0.25, 0.3) is 0 Å². The minimum Gasteiger partial charge on any atom is -0.462 e. The topological polar surface area (TPSA) is 52.6 Å². The van der Waals surface area contributed by atoms with Crippen molar-refractivity contribution in [1.29, 1.82) is 0 Å². The largest absolute Gasteiger partial charge is 0.462 e. The maximum absolute atomic E-state index is 12.1. The Bertz CT molecular complexity index is 291. The van der Waals surface area contributed by atoms with Gasteiger partial charge in [0.15, 0.2) is 0 Å². The molecule has 0 saturated carbocycles. The first-order valence-corrected chi connectivity index (χ1v) is 6.41. The van der Waals surface area contributed by atoms with Gasteiger partial charge in [-0.05, 0) is 25.2 Å². The van der Waals surface area contributed by atoms with E-state index in [0.717, 1.165) is 12.8 Å². The molecule has 0 spiro atoms. The van der Waals surface area contributed by atoms with Crippen LogP contribution in [0.25, 0.3) is 0 Å². The van der Waals surface area contributed by atoms with Gasteiger partial charge in [0.05, 0.1) is 5.41 Å². The molecule has 0 aromatic heterocycles. The van der Waals surface area contributed by atoms with Gasteiger partial charge in [-0.15, -0.1) is 0 Å². The molecular weight excluding hydrogens is 232 g/mol. The zero-order valence-corrected chi connectivity index (χ0v) is 12.5. The second-order valence-electron chi connectivity index (χ2n) is 6.13. The molecular formula is C14H26O4. The van der Waals surface area contributed by atoms with Crippen LogP contribution in [0, 0.1) is 10.8 Å². The molecule has 18 heavy (non-hydrogen) atoms. The first kappa shape index (κ1) is 16.9. The number of hydrogen-bond acceptors (Lipinski definition) is 4. The van der Waals surface area contributed by atoms with Crippen LogP contribution in [0.15, 0.2) is 0 Å². The van der Waals surface area contributed by atoms with Crippen LogP contribution in [0.2, 0.25) is 0 Å². The average molecular weight is 258 g/mol. The monoisotopic (exact) mass is 258 g/mol. The van der Waals surface area contributed by atoms with Gasteiger partial charge in [0, 0.05) is 6.92 Å². The van der Waals surface area contributed by atoms with Crippen LogP contribution in [-0.2, 0) is 19.1 Å². The molecule has 0 aliphatic rings. The van der Waals surface area contributed by atoms with Crippen molar-refractivity contribution in [2.45, 2.75) is 54.4 Å². The van der Waals surface area contributed by atoms with Gasteiger partial charge in [-0.2, -0.15) is 0 Å². The summed E-state index contributed by atoms with van der Waals surface area (Å²) in [6.45, 7) is 11.8. The predicted molar refractivity (Wildman–Crippen MR) is 70.1 cm³/mol. The van der Waals surface area contributed by atoms with E-state index in [2.05, 4.69) is 20.8 Å². The Labute approximate surface area is 110 Å². The van der Waals surface area contributed by atoms with Crippen molar-refractivity contribution in [3.8, 4) is 0 Å². The molecule has 0 rings (SSSR count). The zero-order chi connectivity index (χ0) is 14.4. The van der Waals surface area contributed by atoms with E-state index in [1.54, 1.807) is 0 Å². The van der Waals surface area contributed by atoms with Crippen molar-refractivity contribution in [2.75, 3.05) is 13.2 Å². The zero-order valence-electron chi connectivity index (χ0n) is 12.5. The summed E-state index contributed by atoms with van der Waals surface area (Å²) in [4.78, 5) is 22.6. The molecule has 0 aliphatic heterocycles. The standard InChI is InChI=1S/C14H26O4/c1-7-14(6,10-13(3,4)5)12(16)18-9-8-17-11(2)15/h7-10H2,1-6H3. The summed E-state index contributed by atoms with van der Waals surface area (Å²) in [6, 6.07) is 0. The van der Waals surface area contributed by atoms with E-state index in [1.165, 1.54) is 6.92 Å². The van der Waals surface area contributed by atoms with Gasteiger partial charge < -0.3 is 9.47 Å².